The van der Waals surface area contributed by atoms with E-state index in [4.69, 9.17) is 11.6 Å². The highest BCUT2D eigenvalue weighted by atomic mass is 35.5. The first kappa shape index (κ1) is 15.3. The van der Waals surface area contributed by atoms with Crippen LogP contribution in [0.1, 0.15) is 5.56 Å². The van der Waals surface area contributed by atoms with Gasteiger partial charge in [-0.05, 0) is 23.8 Å². The molecular weight excluding hydrogens is 310 g/mol. The van der Waals surface area contributed by atoms with Gasteiger partial charge in [0, 0.05) is 23.3 Å². The van der Waals surface area contributed by atoms with Crippen LogP contribution in [0.4, 0.5) is 0 Å². The number of halogens is 1. The van der Waals surface area contributed by atoms with Crippen LogP contribution in [0.3, 0.4) is 0 Å². The van der Waals surface area contributed by atoms with Crippen LogP contribution in [0.25, 0.3) is 11.3 Å². The minimum absolute atomic E-state index is 0.0901. The normalized spacial score (nSPS) is 10.5. The largest absolute Gasteiger partial charge is 0.350 e. The highest BCUT2D eigenvalue weighted by Crippen LogP contribution is 2.15. The Labute approximate surface area is 139 Å². The number of amides is 1. The number of benzene rings is 2. The number of carbonyl (C=O) groups excluding carboxylic acids is 1. The van der Waals surface area contributed by atoms with Gasteiger partial charge in [0.05, 0.1) is 5.69 Å². The third-order valence-electron chi connectivity index (χ3n) is 3.39. The maximum absolute atomic E-state index is 12.0. The Balaban J connectivity index is 1.57. The summed E-state index contributed by atoms with van der Waals surface area (Å²) < 4.78 is 1.63. The number of hydrogen-bond donors (Lipinski definition) is 1. The number of aromatic nitrogens is 2. The van der Waals surface area contributed by atoms with E-state index in [-0.39, 0.29) is 12.5 Å². The fraction of sp³-hybridized carbons (Fsp3) is 0.111. The van der Waals surface area contributed by atoms with Crippen LogP contribution >= 0.6 is 11.6 Å². The van der Waals surface area contributed by atoms with E-state index in [1.165, 1.54) is 0 Å². The maximum atomic E-state index is 12.0. The fourth-order valence-electron chi connectivity index (χ4n) is 2.26. The van der Waals surface area contributed by atoms with Gasteiger partial charge >= 0.3 is 0 Å². The summed E-state index contributed by atoms with van der Waals surface area (Å²) in [6, 6.07) is 19.2. The van der Waals surface area contributed by atoms with Crippen molar-refractivity contribution in [3.63, 3.8) is 0 Å². The predicted molar refractivity (Wildman–Crippen MR) is 91.0 cm³/mol. The molecule has 1 aromatic heterocycles. The molecule has 0 fully saturated rings. The second-order valence-corrected chi connectivity index (χ2v) is 5.61. The molecule has 4 nitrogen and oxygen atoms in total. The Hall–Kier alpha value is -2.59. The van der Waals surface area contributed by atoms with Crippen LogP contribution in [0.15, 0.2) is 66.9 Å². The average Bonchev–Trinajstić information content (AvgIpc) is 3.02. The van der Waals surface area contributed by atoms with Gasteiger partial charge in [0.25, 0.3) is 0 Å². The van der Waals surface area contributed by atoms with Crippen molar-refractivity contribution in [1.82, 2.24) is 15.1 Å². The Morgan fingerprint density at radius 3 is 2.70 bits per heavy atom. The van der Waals surface area contributed by atoms with Gasteiger partial charge in [0.2, 0.25) is 5.91 Å². The smallest absolute Gasteiger partial charge is 0.241 e. The van der Waals surface area contributed by atoms with Crippen LogP contribution in [0, 0.1) is 0 Å². The zero-order valence-corrected chi connectivity index (χ0v) is 13.2. The standard InChI is InChI=1S/C18H16ClN3O/c19-16-8-4-5-14(11-16)12-20-18(23)13-22-10-9-17(21-22)15-6-2-1-3-7-15/h1-11H,12-13H2,(H,20,23). The molecule has 0 saturated carbocycles. The lowest BCUT2D eigenvalue weighted by molar-refractivity contribution is -0.122. The molecule has 0 bridgehead atoms. The predicted octanol–water partition coefficient (Wildman–Crippen LogP) is 3.52. The Morgan fingerprint density at radius 1 is 1.09 bits per heavy atom. The van der Waals surface area contributed by atoms with Crippen LogP contribution in [-0.2, 0) is 17.9 Å². The second kappa shape index (κ2) is 7.11. The van der Waals surface area contributed by atoms with Gasteiger partial charge in [0.1, 0.15) is 6.54 Å². The molecule has 0 spiro atoms. The van der Waals surface area contributed by atoms with Gasteiger partial charge in [-0.25, -0.2) is 0 Å². The molecule has 3 aromatic rings. The summed E-state index contributed by atoms with van der Waals surface area (Å²) in [5.74, 6) is -0.0901. The minimum Gasteiger partial charge on any atom is -0.350 e. The molecule has 3 rings (SSSR count). The monoisotopic (exact) mass is 325 g/mol. The molecule has 0 aliphatic rings. The first-order valence-electron chi connectivity index (χ1n) is 7.31. The maximum Gasteiger partial charge on any atom is 0.241 e. The van der Waals surface area contributed by atoms with Crippen molar-refractivity contribution in [2.24, 2.45) is 0 Å². The summed E-state index contributed by atoms with van der Waals surface area (Å²) in [5.41, 5.74) is 2.86. The van der Waals surface area contributed by atoms with Crippen molar-refractivity contribution in [1.29, 1.82) is 0 Å². The molecule has 1 amide bonds. The van der Waals surface area contributed by atoms with E-state index in [1.807, 2.05) is 60.7 Å². The van der Waals surface area contributed by atoms with Crippen LogP contribution in [0.2, 0.25) is 5.02 Å². The van der Waals surface area contributed by atoms with Crippen LogP contribution in [-0.4, -0.2) is 15.7 Å². The number of hydrogen-bond acceptors (Lipinski definition) is 2. The molecule has 116 valence electrons. The van der Waals surface area contributed by atoms with E-state index >= 15 is 0 Å². The molecule has 0 atom stereocenters. The van der Waals surface area contributed by atoms with Crippen molar-refractivity contribution < 1.29 is 4.79 Å². The molecule has 0 aliphatic carbocycles. The number of carbonyl (C=O) groups is 1. The van der Waals surface area contributed by atoms with Crippen LogP contribution in [0.5, 0.6) is 0 Å². The summed E-state index contributed by atoms with van der Waals surface area (Å²) >= 11 is 5.92. The second-order valence-electron chi connectivity index (χ2n) is 5.17. The lowest BCUT2D eigenvalue weighted by Gasteiger charge is -2.06. The summed E-state index contributed by atoms with van der Waals surface area (Å²) in [6.45, 7) is 0.638. The molecule has 2 aromatic carbocycles. The van der Waals surface area contributed by atoms with Gasteiger partial charge in [0.15, 0.2) is 0 Å². The van der Waals surface area contributed by atoms with E-state index in [0.29, 0.717) is 11.6 Å². The Kier molecular flexibility index (Phi) is 4.74. The van der Waals surface area contributed by atoms with Gasteiger partial charge in [-0.2, -0.15) is 5.10 Å². The highest BCUT2D eigenvalue weighted by Gasteiger charge is 2.06. The van der Waals surface area contributed by atoms with Crippen molar-refractivity contribution in [2.75, 3.05) is 0 Å². The fourth-order valence-corrected chi connectivity index (χ4v) is 2.48. The molecule has 5 heteroatoms. The third-order valence-corrected chi connectivity index (χ3v) is 3.63. The van der Waals surface area contributed by atoms with E-state index < -0.39 is 0 Å². The van der Waals surface area contributed by atoms with Gasteiger partial charge in [-0.15, -0.1) is 0 Å². The summed E-state index contributed by atoms with van der Waals surface area (Å²) in [6.07, 6.45) is 1.81. The van der Waals surface area contributed by atoms with Crippen molar-refractivity contribution in [3.05, 3.63) is 77.4 Å². The van der Waals surface area contributed by atoms with Gasteiger partial charge in [-0.3, -0.25) is 9.48 Å². The Bertz CT molecular complexity index is 799. The average molecular weight is 326 g/mol. The highest BCUT2D eigenvalue weighted by molar-refractivity contribution is 6.30. The van der Waals surface area contributed by atoms with Crippen LogP contribution < -0.4 is 5.32 Å². The lowest BCUT2D eigenvalue weighted by Crippen LogP contribution is -2.27. The summed E-state index contributed by atoms with van der Waals surface area (Å²) in [5, 5.41) is 7.95. The SMILES string of the molecule is O=C(Cn1ccc(-c2ccccc2)n1)NCc1cccc(Cl)c1. The number of nitrogens with zero attached hydrogens (tertiary/aromatic N) is 2. The minimum atomic E-state index is -0.0901. The van der Waals surface area contributed by atoms with Crippen molar-refractivity contribution in [3.8, 4) is 11.3 Å². The molecule has 0 unspecified atom stereocenters. The van der Waals surface area contributed by atoms with E-state index in [9.17, 15) is 4.79 Å². The van der Waals surface area contributed by atoms with Crippen molar-refractivity contribution in [2.45, 2.75) is 13.1 Å². The summed E-state index contributed by atoms with van der Waals surface area (Å²) in [4.78, 5) is 12.0. The number of rotatable bonds is 5. The van der Waals surface area contributed by atoms with E-state index in [1.54, 1.807) is 10.9 Å². The third kappa shape index (κ3) is 4.20. The molecule has 0 saturated heterocycles. The van der Waals surface area contributed by atoms with E-state index in [0.717, 1.165) is 16.8 Å². The molecular formula is C18H16ClN3O. The molecule has 1 N–H and O–H groups in total. The van der Waals surface area contributed by atoms with Crippen molar-refractivity contribution >= 4 is 17.5 Å². The molecule has 0 radical (unpaired) electrons. The van der Waals surface area contributed by atoms with Gasteiger partial charge < -0.3 is 5.32 Å². The molecule has 23 heavy (non-hydrogen) atoms. The first-order chi connectivity index (χ1) is 11.2. The first-order valence-corrected chi connectivity index (χ1v) is 7.68. The van der Waals surface area contributed by atoms with Gasteiger partial charge in [-0.1, -0.05) is 54.1 Å². The zero-order chi connectivity index (χ0) is 16.1. The zero-order valence-electron chi connectivity index (χ0n) is 12.4. The summed E-state index contributed by atoms with van der Waals surface area (Å²) in [7, 11) is 0. The topological polar surface area (TPSA) is 46.9 Å². The molecule has 0 aliphatic heterocycles. The number of nitrogens with one attached hydrogen (secondary N) is 1. The Morgan fingerprint density at radius 2 is 1.91 bits per heavy atom. The quantitative estimate of drug-likeness (QED) is 0.780. The lowest BCUT2D eigenvalue weighted by atomic mass is 10.2. The molecule has 1 heterocycles. The van der Waals surface area contributed by atoms with E-state index in [2.05, 4.69) is 10.4 Å².